The molecule has 0 atom stereocenters. The Hall–Kier alpha value is -3.54. The second-order valence-electron chi connectivity index (χ2n) is 6.46. The van der Waals surface area contributed by atoms with Crippen molar-refractivity contribution >= 4 is 11.9 Å². The molecule has 0 amide bonds. The Morgan fingerprint density at radius 3 is 2.00 bits per heavy atom. The summed E-state index contributed by atoms with van der Waals surface area (Å²) in [6.07, 6.45) is 3.71. The Kier molecular flexibility index (Phi) is 5.79. The highest BCUT2D eigenvalue weighted by molar-refractivity contribution is 5.97. The average Bonchev–Trinajstić information content (AvgIpc) is 2.72. The number of aliphatic carboxylic acids is 2. The van der Waals surface area contributed by atoms with Crippen LogP contribution in [0.4, 0.5) is 0 Å². The van der Waals surface area contributed by atoms with Crippen LogP contribution in [-0.2, 0) is 16.0 Å². The molecule has 0 saturated carbocycles. The highest BCUT2D eigenvalue weighted by Crippen LogP contribution is 2.36. The van der Waals surface area contributed by atoms with Crippen molar-refractivity contribution in [2.45, 2.75) is 12.3 Å². The summed E-state index contributed by atoms with van der Waals surface area (Å²) in [5, 5.41) is 19.5. The van der Waals surface area contributed by atoms with E-state index < -0.39 is 17.9 Å². The van der Waals surface area contributed by atoms with Crippen molar-refractivity contribution in [2.75, 3.05) is 13.7 Å². The van der Waals surface area contributed by atoms with Gasteiger partial charge in [-0.25, -0.2) is 9.59 Å². The minimum absolute atomic E-state index is 0.0260. The van der Waals surface area contributed by atoms with Crippen LogP contribution in [0.15, 0.2) is 78.1 Å². The van der Waals surface area contributed by atoms with Gasteiger partial charge in [-0.15, -0.1) is 0 Å². The summed E-state index contributed by atoms with van der Waals surface area (Å²) >= 11 is 0. The molecule has 1 aliphatic heterocycles. The van der Waals surface area contributed by atoms with Crippen molar-refractivity contribution in [2.24, 2.45) is 0 Å². The highest BCUT2D eigenvalue weighted by Gasteiger charge is 2.33. The SMILES string of the molecule is COc1ccc(C2C(C(=O)O)=CN(CCc3ccccc3)C=C2C(=O)O)cc1. The molecule has 0 aromatic heterocycles. The normalized spacial score (nSPS) is 14.2. The largest absolute Gasteiger partial charge is 0.497 e. The van der Waals surface area contributed by atoms with Crippen molar-refractivity contribution in [3.05, 3.63) is 89.3 Å². The Labute approximate surface area is 163 Å². The van der Waals surface area contributed by atoms with E-state index in [1.165, 1.54) is 19.5 Å². The lowest BCUT2D eigenvalue weighted by Crippen LogP contribution is -2.28. The maximum absolute atomic E-state index is 11.9. The van der Waals surface area contributed by atoms with Crippen molar-refractivity contribution in [1.82, 2.24) is 4.90 Å². The van der Waals surface area contributed by atoms with Crippen LogP contribution in [-0.4, -0.2) is 40.7 Å². The van der Waals surface area contributed by atoms with Crippen LogP contribution in [0.1, 0.15) is 17.0 Å². The minimum Gasteiger partial charge on any atom is -0.497 e. The van der Waals surface area contributed by atoms with E-state index in [1.54, 1.807) is 29.2 Å². The molecule has 0 bridgehead atoms. The summed E-state index contributed by atoms with van der Waals surface area (Å²) < 4.78 is 5.13. The molecule has 2 aromatic carbocycles. The third-order valence-corrected chi connectivity index (χ3v) is 4.68. The summed E-state index contributed by atoms with van der Waals surface area (Å²) in [6.45, 7) is 0.479. The molecular formula is C22H21NO5. The van der Waals surface area contributed by atoms with Gasteiger partial charge in [-0.05, 0) is 29.7 Å². The van der Waals surface area contributed by atoms with Crippen molar-refractivity contribution in [1.29, 1.82) is 0 Å². The second-order valence-corrected chi connectivity index (χ2v) is 6.46. The van der Waals surface area contributed by atoms with E-state index in [-0.39, 0.29) is 11.1 Å². The first-order valence-electron chi connectivity index (χ1n) is 8.83. The first kappa shape index (κ1) is 19.2. The number of hydrogen-bond donors (Lipinski definition) is 2. The second kappa shape index (κ2) is 8.43. The van der Waals surface area contributed by atoms with E-state index >= 15 is 0 Å². The fourth-order valence-electron chi connectivity index (χ4n) is 3.26. The van der Waals surface area contributed by atoms with Gasteiger partial charge in [-0.1, -0.05) is 42.5 Å². The predicted octanol–water partition coefficient (Wildman–Crippen LogP) is 3.27. The number of carbonyl (C=O) groups is 2. The van der Waals surface area contributed by atoms with E-state index in [1.807, 2.05) is 30.3 Å². The Balaban J connectivity index is 1.92. The predicted molar refractivity (Wildman–Crippen MR) is 104 cm³/mol. The van der Waals surface area contributed by atoms with E-state index in [0.717, 1.165) is 5.56 Å². The van der Waals surface area contributed by atoms with Crippen LogP contribution >= 0.6 is 0 Å². The monoisotopic (exact) mass is 379 g/mol. The maximum Gasteiger partial charge on any atom is 0.334 e. The molecule has 0 aliphatic carbocycles. The van der Waals surface area contributed by atoms with Crippen molar-refractivity contribution < 1.29 is 24.5 Å². The number of hydrogen-bond acceptors (Lipinski definition) is 4. The lowest BCUT2D eigenvalue weighted by atomic mass is 9.83. The first-order chi connectivity index (χ1) is 13.5. The first-order valence-corrected chi connectivity index (χ1v) is 8.83. The highest BCUT2D eigenvalue weighted by atomic mass is 16.5. The smallest absolute Gasteiger partial charge is 0.334 e. The minimum atomic E-state index is -1.14. The standard InChI is InChI=1S/C22H21NO5/c1-28-17-9-7-16(8-10-17)20-18(21(24)25)13-23(14-19(20)22(26)27)12-11-15-5-3-2-4-6-15/h2-10,13-14,20H,11-12H2,1H3,(H,24,25)(H,26,27). The third-order valence-electron chi connectivity index (χ3n) is 4.68. The quantitative estimate of drug-likeness (QED) is 0.768. The zero-order chi connectivity index (χ0) is 20.1. The molecule has 144 valence electrons. The third kappa shape index (κ3) is 4.23. The van der Waals surface area contributed by atoms with Crippen molar-refractivity contribution in [3.8, 4) is 5.75 Å². The van der Waals surface area contributed by atoms with Crippen LogP contribution in [0.25, 0.3) is 0 Å². The molecule has 1 heterocycles. The molecule has 0 spiro atoms. The van der Waals surface area contributed by atoms with Crippen LogP contribution in [0.5, 0.6) is 5.75 Å². The summed E-state index contributed by atoms with van der Waals surface area (Å²) in [5.41, 5.74) is 1.73. The van der Waals surface area contributed by atoms with Gasteiger partial charge in [0.1, 0.15) is 5.75 Å². The van der Waals surface area contributed by atoms with Crippen LogP contribution in [0.3, 0.4) is 0 Å². The zero-order valence-corrected chi connectivity index (χ0v) is 15.4. The Bertz CT molecular complexity index is 884. The zero-order valence-electron chi connectivity index (χ0n) is 15.4. The molecule has 6 heteroatoms. The van der Waals surface area contributed by atoms with Gasteiger partial charge in [0.15, 0.2) is 0 Å². The summed E-state index contributed by atoms with van der Waals surface area (Å²) in [5.74, 6) is -2.52. The Morgan fingerprint density at radius 2 is 1.50 bits per heavy atom. The van der Waals surface area contributed by atoms with Gasteiger partial charge < -0.3 is 19.8 Å². The van der Waals surface area contributed by atoms with Crippen molar-refractivity contribution in [3.63, 3.8) is 0 Å². The van der Waals surface area contributed by atoms with E-state index in [9.17, 15) is 19.8 Å². The van der Waals surface area contributed by atoms with Gasteiger partial charge in [-0.2, -0.15) is 0 Å². The molecule has 28 heavy (non-hydrogen) atoms. The number of nitrogens with zero attached hydrogens (tertiary/aromatic N) is 1. The molecule has 3 rings (SSSR count). The number of methoxy groups -OCH3 is 1. The molecule has 2 N–H and O–H groups in total. The molecular weight excluding hydrogens is 358 g/mol. The summed E-state index contributed by atoms with van der Waals surface area (Å²) in [4.78, 5) is 25.5. The van der Waals surface area contributed by atoms with E-state index in [4.69, 9.17) is 4.74 Å². The Morgan fingerprint density at radius 1 is 0.929 bits per heavy atom. The fraction of sp³-hybridized carbons (Fsp3) is 0.182. The number of rotatable bonds is 7. The molecule has 1 aliphatic rings. The lowest BCUT2D eigenvalue weighted by Gasteiger charge is -2.29. The molecule has 0 unspecified atom stereocenters. The van der Waals surface area contributed by atoms with Crippen LogP contribution in [0.2, 0.25) is 0 Å². The molecule has 0 fully saturated rings. The van der Waals surface area contributed by atoms with Gasteiger partial charge in [0.05, 0.1) is 24.2 Å². The fourth-order valence-corrected chi connectivity index (χ4v) is 3.26. The summed E-state index contributed by atoms with van der Waals surface area (Å²) in [7, 11) is 1.53. The average molecular weight is 379 g/mol. The van der Waals surface area contributed by atoms with Gasteiger partial charge in [0.2, 0.25) is 0 Å². The van der Waals surface area contributed by atoms with Crippen LogP contribution in [0, 0.1) is 0 Å². The molecule has 0 radical (unpaired) electrons. The topological polar surface area (TPSA) is 87.1 Å². The lowest BCUT2D eigenvalue weighted by molar-refractivity contribution is -0.133. The molecule has 6 nitrogen and oxygen atoms in total. The van der Waals surface area contributed by atoms with Gasteiger partial charge in [0.25, 0.3) is 0 Å². The van der Waals surface area contributed by atoms with Crippen LogP contribution < -0.4 is 4.74 Å². The molecule has 2 aromatic rings. The summed E-state index contributed by atoms with van der Waals surface area (Å²) in [6, 6.07) is 16.5. The van der Waals surface area contributed by atoms with Gasteiger partial charge in [-0.3, -0.25) is 0 Å². The molecule has 0 saturated heterocycles. The maximum atomic E-state index is 11.9. The van der Waals surface area contributed by atoms with E-state index in [0.29, 0.717) is 24.3 Å². The number of benzene rings is 2. The van der Waals surface area contributed by atoms with Gasteiger partial charge >= 0.3 is 11.9 Å². The van der Waals surface area contributed by atoms with Gasteiger partial charge in [0, 0.05) is 18.9 Å². The number of carboxylic acid groups (broad SMARTS) is 2. The van der Waals surface area contributed by atoms with E-state index in [2.05, 4.69) is 0 Å². The number of ether oxygens (including phenoxy) is 1. The number of carboxylic acids is 2.